The molecule has 5 heteroatoms. The molecule has 0 saturated heterocycles. The Kier molecular flexibility index (Phi) is 6.38. The lowest BCUT2D eigenvalue weighted by molar-refractivity contribution is -0.121. The molecule has 0 heterocycles. The summed E-state index contributed by atoms with van der Waals surface area (Å²) in [6, 6.07) is 14.9. The third-order valence-electron chi connectivity index (χ3n) is 3.66. The van der Waals surface area contributed by atoms with Crippen molar-refractivity contribution in [2.24, 2.45) is 0 Å². The standard InChI is InChI=1S/C19H21ClN2O2/c1-14-3-5-16(6-4-14)13-19(24)21-11-12-22(15(2)23)18-9-7-17(20)8-10-18/h3-10H,11-13H2,1-2H3,(H,21,24). The van der Waals surface area contributed by atoms with Gasteiger partial charge >= 0.3 is 0 Å². The van der Waals surface area contributed by atoms with E-state index in [-0.39, 0.29) is 11.8 Å². The quantitative estimate of drug-likeness (QED) is 0.873. The van der Waals surface area contributed by atoms with Gasteiger partial charge in [0, 0.05) is 30.7 Å². The van der Waals surface area contributed by atoms with Gasteiger partial charge < -0.3 is 10.2 Å². The SMILES string of the molecule is CC(=O)N(CCNC(=O)Cc1ccc(C)cc1)c1ccc(Cl)cc1. The summed E-state index contributed by atoms with van der Waals surface area (Å²) in [5.74, 6) is -0.136. The number of benzene rings is 2. The van der Waals surface area contributed by atoms with E-state index in [1.807, 2.05) is 31.2 Å². The second-order valence-electron chi connectivity index (χ2n) is 5.66. The second kappa shape index (κ2) is 8.50. The predicted molar refractivity (Wildman–Crippen MR) is 97.4 cm³/mol. The van der Waals surface area contributed by atoms with Crippen molar-refractivity contribution < 1.29 is 9.59 Å². The van der Waals surface area contributed by atoms with Crippen molar-refractivity contribution in [3.8, 4) is 0 Å². The first-order valence-electron chi connectivity index (χ1n) is 7.81. The maximum atomic E-state index is 12.0. The number of amides is 2. The van der Waals surface area contributed by atoms with Crippen LogP contribution in [0.4, 0.5) is 5.69 Å². The van der Waals surface area contributed by atoms with Crippen LogP contribution in [-0.4, -0.2) is 24.9 Å². The molecule has 0 fully saturated rings. The highest BCUT2D eigenvalue weighted by atomic mass is 35.5. The molecule has 2 aromatic carbocycles. The fraction of sp³-hybridized carbons (Fsp3) is 0.263. The Morgan fingerprint density at radius 2 is 1.67 bits per heavy atom. The van der Waals surface area contributed by atoms with E-state index in [1.165, 1.54) is 12.5 Å². The molecule has 0 unspecified atom stereocenters. The Bertz CT molecular complexity index is 696. The molecule has 0 atom stereocenters. The largest absolute Gasteiger partial charge is 0.354 e. The number of aryl methyl sites for hydroxylation is 1. The molecule has 0 aliphatic rings. The molecule has 2 aromatic rings. The zero-order valence-corrected chi connectivity index (χ0v) is 14.6. The number of rotatable bonds is 6. The zero-order valence-electron chi connectivity index (χ0n) is 13.9. The molecule has 0 aliphatic heterocycles. The lowest BCUT2D eigenvalue weighted by atomic mass is 10.1. The van der Waals surface area contributed by atoms with Gasteiger partial charge in [-0.1, -0.05) is 41.4 Å². The van der Waals surface area contributed by atoms with Crippen LogP contribution in [0.25, 0.3) is 0 Å². The first kappa shape index (κ1) is 18.0. The van der Waals surface area contributed by atoms with E-state index in [2.05, 4.69) is 5.32 Å². The average molecular weight is 345 g/mol. The highest BCUT2D eigenvalue weighted by Gasteiger charge is 2.11. The summed E-state index contributed by atoms with van der Waals surface area (Å²) in [6.45, 7) is 4.32. The van der Waals surface area contributed by atoms with Gasteiger partial charge in [0.25, 0.3) is 0 Å². The normalized spacial score (nSPS) is 10.3. The summed E-state index contributed by atoms with van der Waals surface area (Å²) < 4.78 is 0. The second-order valence-corrected chi connectivity index (χ2v) is 6.10. The van der Waals surface area contributed by atoms with Crippen LogP contribution >= 0.6 is 11.6 Å². The smallest absolute Gasteiger partial charge is 0.224 e. The summed E-state index contributed by atoms with van der Waals surface area (Å²) in [5, 5.41) is 3.47. The van der Waals surface area contributed by atoms with Gasteiger partial charge in [0.15, 0.2) is 0 Å². The number of halogens is 1. The number of nitrogens with zero attached hydrogens (tertiary/aromatic N) is 1. The first-order chi connectivity index (χ1) is 11.5. The van der Waals surface area contributed by atoms with Crippen LogP contribution in [0.15, 0.2) is 48.5 Å². The summed E-state index contributed by atoms with van der Waals surface area (Å²) in [4.78, 5) is 25.4. The van der Waals surface area contributed by atoms with Gasteiger partial charge in [-0.2, -0.15) is 0 Å². The molecule has 0 bridgehead atoms. The minimum Gasteiger partial charge on any atom is -0.354 e. The van der Waals surface area contributed by atoms with Crippen LogP contribution in [-0.2, 0) is 16.0 Å². The molecule has 0 spiro atoms. The van der Waals surface area contributed by atoms with Crippen LogP contribution in [0.1, 0.15) is 18.1 Å². The van der Waals surface area contributed by atoms with Crippen LogP contribution in [0.5, 0.6) is 0 Å². The molecule has 2 rings (SSSR count). The highest BCUT2D eigenvalue weighted by molar-refractivity contribution is 6.30. The van der Waals surface area contributed by atoms with Gasteiger partial charge in [0.05, 0.1) is 6.42 Å². The fourth-order valence-electron chi connectivity index (χ4n) is 2.35. The number of carbonyl (C=O) groups is 2. The Morgan fingerprint density at radius 3 is 2.25 bits per heavy atom. The molecule has 1 N–H and O–H groups in total. The lowest BCUT2D eigenvalue weighted by Crippen LogP contribution is -2.38. The summed E-state index contributed by atoms with van der Waals surface area (Å²) in [5.41, 5.74) is 2.90. The third kappa shape index (κ3) is 5.39. The molecular weight excluding hydrogens is 324 g/mol. The molecule has 4 nitrogen and oxygen atoms in total. The van der Waals surface area contributed by atoms with E-state index in [0.29, 0.717) is 24.5 Å². The van der Waals surface area contributed by atoms with E-state index in [4.69, 9.17) is 11.6 Å². The molecule has 0 saturated carbocycles. The zero-order chi connectivity index (χ0) is 17.5. The van der Waals surface area contributed by atoms with Gasteiger partial charge in [-0.3, -0.25) is 9.59 Å². The number of hydrogen-bond acceptors (Lipinski definition) is 2. The van der Waals surface area contributed by atoms with Crippen molar-refractivity contribution in [3.63, 3.8) is 0 Å². The maximum Gasteiger partial charge on any atom is 0.224 e. The van der Waals surface area contributed by atoms with Gasteiger partial charge in [0.2, 0.25) is 11.8 Å². The van der Waals surface area contributed by atoms with Crippen molar-refractivity contribution in [2.45, 2.75) is 20.3 Å². The fourth-order valence-corrected chi connectivity index (χ4v) is 2.48. The minimum absolute atomic E-state index is 0.0570. The monoisotopic (exact) mass is 344 g/mol. The van der Waals surface area contributed by atoms with Gasteiger partial charge in [-0.15, -0.1) is 0 Å². The van der Waals surface area contributed by atoms with Crippen LogP contribution in [0.2, 0.25) is 5.02 Å². The van der Waals surface area contributed by atoms with Gasteiger partial charge in [-0.25, -0.2) is 0 Å². The molecule has 126 valence electrons. The van der Waals surface area contributed by atoms with E-state index in [1.54, 1.807) is 29.2 Å². The Labute approximate surface area is 147 Å². The molecule has 0 aromatic heterocycles. The molecule has 0 aliphatic carbocycles. The summed E-state index contributed by atoms with van der Waals surface area (Å²) in [6.07, 6.45) is 0.335. The Hall–Kier alpha value is -2.33. The topological polar surface area (TPSA) is 49.4 Å². The van der Waals surface area contributed by atoms with Crippen LogP contribution in [0.3, 0.4) is 0 Å². The molecule has 2 amide bonds. The van der Waals surface area contributed by atoms with Crippen LogP contribution < -0.4 is 10.2 Å². The van der Waals surface area contributed by atoms with E-state index in [9.17, 15) is 9.59 Å². The van der Waals surface area contributed by atoms with E-state index >= 15 is 0 Å². The predicted octanol–water partition coefficient (Wildman–Crippen LogP) is 3.36. The molecular formula is C19H21ClN2O2. The van der Waals surface area contributed by atoms with Crippen molar-refractivity contribution >= 4 is 29.1 Å². The Morgan fingerprint density at radius 1 is 1.04 bits per heavy atom. The van der Waals surface area contributed by atoms with E-state index < -0.39 is 0 Å². The number of hydrogen-bond donors (Lipinski definition) is 1. The average Bonchev–Trinajstić information content (AvgIpc) is 2.54. The van der Waals surface area contributed by atoms with Crippen molar-refractivity contribution in [1.82, 2.24) is 5.32 Å². The van der Waals surface area contributed by atoms with E-state index in [0.717, 1.165) is 11.3 Å². The highest BCUT2D eigenvalue weighted by Crippen LogP contribution is 2.17. The van der Waals surface area contributed by atoms with Crippen molar-refractivity contribution in [2.75, 3.05) is 18.0 Å². The molecule has 24 heavy (non-hydrogen) atoms. The number of anilines is 1. The van der Waals surface area contributed by atoms with Crippen molar-refractivity contribution in [3.05, 3.63) is 64.7 Å². The minimum atomic E-state index is -0.0786. The van der Waals surface area contributed by atoms with Crippen LogP contribution in [0, 0.1) is 6.92 Å². The summed E-state index contributed by atoms with van der Waals surface area (Å²) in [7, 11) is 0. The molecule has 0 radical (unpaired) electrons. The number of carbonyl (C=O) groups excluding carboxylic acids is 2. The Balaban J connectivity index is 1.86. The van der Waals surface area contributed by atoms with Crippen molar-refractivity contribution in [1.29, 1.82) is 0 Å². The number of nitrogens with one attached hydrogen (secondary N) is 1. The third-order valence-corrected chi connectivity index (χ3v) is 3.91. The first-order valence-corrected chi connectivity index (χ1v) is 8.19. The van der Waals surface area contributed by atoms with Gasteiger partial charge in [-0.05, 0) is 36.8 Å². The summed E-state index contributed by atoms with van der Waals surface area (Å²) >= 11 is 5.87. The van der Waals surface area contributed by atoms with Gasteiger partial charge in [0.1, 0.15) is 0 Å². The lowest BCUT2D eigenvalue weighted by Gasteiger charge is -2.21. The maximum absolute atomic E-state index is 12.0.